The molecule has 0 N–H and O–H groups in total. The monoisotopic (exact) mass is 301 g/mol. The van der Waals surface area contributed by atoms with Crippen molar-refractivity contribution in [2.75, 3.05) is 0 Å². The van der Waals surface area contributed by atoms with Crippen LogP contribution in [0.2, 0.25) is 0 Å². The van der Waals surface area contributed by atoms with Crippen LogP contribution in [0.3, 0.4) is 0 Å². The van der Waals surface area contributed by atoms with E-state index in [0.717, 1.165) is 34.9 Å². The lowest BCUT2D eigenvalue weighted by Gasteiger charge is -2.07. The molecule has 0 saturated carbocycles. The molecule has 3 aromatic rings. The van der Waals surface area contributed by atoms with Crippen LogP contribution in [0.5, 0.6) is 0 Å². The quantitative estimate of drug-likeness (QED) is 0.726. The maximum absolute atomic E-state index is 12.6. The third-order valence-electron chi connectivity index (χ3n) is 4.12. The van der Waals surface area contributed by atoms with Crippen LogP contribution < -0.4 is 11.2 Å². The van der Waals surface area contributed by atoms with Gasteiger partial charge in [-0.2, -0.15) is 0 Å². The number of fused-ring (bicyclic) bond motifs is 3. The van der Waals surface area contributed by atoms with Crippen molar-refractivity contribution in [2.45, 2.75) is 33.2 Å². The fourth-order valence-electron chi connectivity index (χ4n) is 2.86. The first kappa shape index (κ1) is 14.5. The zero-order valence-corrected chi connectivity index (χ0v) is 13.3. The Labute approximate surface area is 126 Å². The fraction of sp³-hybridized carbons (Fsp3) is 0.467. The van der Waals surface area contributed by atoms with Crippen molar-refractivity contribution >= 4 is 22.1 Å². The number of aromatic nitrogens is 5. The largest absolute Gasteiger partial charge is 0.332 e. The molecule has 0 fully saturated rings. The molecule has 22 heavy (non-hydrogen) atoms. The summed E-state index contributed by atoms with van der Waals surface area (Å²) in [4.78, 5) is 24.6. The van der Waals surface area contributed by atoms with Gasteiger partial charge >= 0.3 is 5.69 Å². The van der Waals surface area contributed by atoms with Crippen molar-refractivity contribution in [1.82, 2.24) is 23.9 Å². The number of nitrogens with zero attached hydrogens (tertiary/aromatic N) is 5. The third-order valence-corrected chi connectivity index (χ3v) is 4.12. The van der Waals surface area contributed by atoms with E-state index in [1.54, 1.807) is 7.05 Å². The van der Waals surface area contributed by atoms with E-state index in [0.29, 0.717) is 16.7 Å². The Hall–Kier alpha value is -2.44. The molecule has 3 rings (SSSR count). The number of hydrogen-bond acceptors (Lipinski definition) is 4. The molecule has 7 nitrogen and oxygen atoms in total. The lowest BCUT2D eigenvalue weighted by atomic mass is 10.2. The molecule has 0 amide bonds. The second-order valence-electron chi connectivity index (χ2n) is 5.66. The van der Waals surface area contributed by atoms with Gasteiger partial charge in [-0.3, -0.25) is 13.9 Å². The zero-order chi connectivity index (χ0) is 16.0. The second kappa shape index (κ2) is 5.08. The molecule has 0 saturated heterocycles. The Morgan fingerprint density at radius 3 is 2.41 bits per heavy atom. The Morgan fingerprint density at radius 1 is 1.05 bits per heavy atom. The number of aryl methyl sites for hydroxylation is 3. The molecule has 116 valence electrons. The van der Waals surface area contributed by atoms with Crippen molar-refractivity contribution in [2.24, 2.45) is 14.1 Å². The van der Waals surface area contributed by atoms with E-state index in [2.05, 4.69) is 17.1 Å². The van der Waals surface area contributed by atoms with Gasteiger partial charge in [0.05, 0.1) is 5.39 Å². The normalized spacial score (nSPS) is 11.6. The summed E-state index contributed by atoms with van der Waals surface area (Å²) in [6.07, 6.45) is 4.11. The Kier molecular flexibility index (Phi) is 3.35. The van der Waals surface area contributed by atoms with E-state index in [4.69, 9.17) is 0 Å². The zero-order valence-electron chi connectivity index (χ0n) is 13.3. The molecule has 3 aromatic heterocycles. The van der Waals surface area contributed by atoms with Crippen LogP contribution in [-0.2, 0) is 20.6 Å². The molecule has 3 heterocycles. The summed E-state index contributed by atoms with van der Waals surface area (Å²) in [5, 5.41) is 9.64. The van der Waals surface area contributed by atoms with Gasteiger partial charge in [-0.25, -0.2) is 4.79 Å². The first-order valence-electron chi connectivity index (χ1n) is 7.39. The molecule has 0 aliphatic carbocycles. The highest BCUT2D eigenvalue weighted by molar-refractivity contribution is 6.03. The molecule has 0 aliphatic heterocycles. The van der Waals surface area contributed by atoms with Crippen molar-refractivity contribution in [3.05, 3.63) is 32.6 Å². The first-order valence-corrected chi connectivity index (χ1v) is 7.39. The average Bonchev–Trinajstić information content (AvgIpc) is 2.84. The molecule has 7 heteroatoms. The Morgan fingerprint density at radius 2 is 1.73 bits per heavy atom. The first-order chi connectivity index (χ1) is 10.5. The second-order valence-corrected chi connectivity index (χ2v) is 5.66. The average molecular weight is 301 g/mol. The van der Waals surface area contributed by atoms with Crippen LogP contribution >= 0.6 is 0 Å². The van der Waals surface area contributed by atoms with Gasteiger partial charge in [-0.05, 0) is 18.9 Å². The molecule has 0 unspecified atom stereocenters. The predicted molar refractivity (Wildman–Crippen MR) is 85.2 cm³/mol. The number of unbranched alkanes of at least 4 members (excludes halogenated alkanes) is 1. The number of hydrogen-bond donors (Lipinski definition) is 0. The van der Waals surface area contributed by atoms with E-state index in [1.165, 1.54) is 11.6 Å². The van der Waals surface area contributed by atoms with Crippen LogP contribution in [0.1, 0.15) is 25.3 Å². The highest BCUT2D eigenvalue weighted by Gasteiger charge is 2.18. The molecule has 0 atom stereocenters. The van der Waals surface area contributed by atoms with Gasteiger partial charge in [0.15, 0.2) is 11.3 Å². The van der Waals surface area contributed by atoms with Crippen molar-refractivity contribution < 1.29 is 0 Å². The minimum atomic E-state index is -0.394. The van der Waals surface area contributed by atoms with Crippen LogP contribution in [-0.4, -0.2) is 23.9 Å². The molecule has 0 aromatic carbocycles. The van der Waals surface area contributed by atoms with Crippen LogP contribution in [0.4, 0.5) is 0 Å². The van der Waals surface area contributed by atoms with Crippen molar-refractivity contribution in [3.8, 4) is 0 Å². The maximum atomic E-state index is 12.6. The van der Waals surface area contributed by atoms with Crippen LogP contribution in [0.25, 0.3) is 22.1 Å². The van der Waals surface area contributed by atoms with Gasteiger partial charge in [0.25, 0.3) is 5.56 Å². The fourth-order valence-corrected chi connectivity index (χ4v) is 2.86. The summed E-state index contributed by atoms with van der Waals surface area (Å²) in [5.74, 6) is 0. The standard InChI is InChI=1S/C15H19N5O2/c1-5-6-7-20-8-9(2)10-11-12(16-17-13(10)20)18(3)15(22)19(4)14(11)21/h8H,5-7H2,1-4H3. The van der Waals surface area contributed by atoms with E-state index in [9.17, 15) is 9.59 Å². The summed E-state index contributed by atoms with van der Waals surface area (Å²) in [5.41, 5.74) is 1.29. The van der Waals surface area contributed by atoms with Crippen molar-refractivity contribution in [1.29, 1.82) is 0 Å². The highest BCUT2D eigenvalue weighted by atomic mass is 16.2. The summed E-state index contributed by atoms with van der Waals surface area (Å²) in [6, 6.07) is 0. The maximum Gasteiger partial charge on any atom is 0.332 e. The van der Waals surface area contributed by atoms with Gasteiger partial charge in [0.2, 0.25) is 0 Å². The molecular weight excluding hydrogens is 282 g/mol. The Bertz CT molecular complexity index is 993. The SMILES string of the molecule is CCCCn1cc(C)c2c3c(=O)n(C)c(=O)n(C)c3nnc21. The molecule has 0 aliphatic rings. The van der Waals surface area contributed by atoms with Gasteiger partial charge in [0, 0.05) is 32.2 Å². The minimum Gasteiger partial charge on any atom is -0.331 e. The van der Waals surface area contributed by atoms with Gasteiger partial charge in [0.1, 0.15) is 0 Å². The predicted octanol–water partition coefficient (Wildman–Crippen LogP) is 1.09. The van der Waals surface area contributed by atoms with Crippen LogP contribution in [0.15, 0.2) is 15.8 Å². The lowest BCUT2D eigenvalue weighted by molar-refractivity contribution is 0.642. The summed E-state index contributed by atoms with van der Waals surface area (Å²) >= 11 is 0. The molecule has 0 bridgehead atoms. The molecular formula is C15H19N5O2. The summed E-state index contributed by atoms with van der Waals surface area (Å²) < 4.78 is 4.52. The Balaban J connectivity index is 2.49. The van der Waals surface area contributed by atoms with Crippen LogP contribution in [0, 0.1) is 6.92 Å². The van der Waals surface area contributed by atoms with Gasteiger partial charge in [-0.15, -0.1) is 10.2 Å². The van der Waals surface area contributed by atoms with E-state index >= 15 is 0 Å². The lowest BCUT2D eigenvalue weighted by Crippen LogP contribution is -2.37. The van der Waals surface area contributed by atoms with Crippen molar-refractivity contribution in [3.63, 3.8) is 0 Å². The smallest absolute Gasteiger partial charge is 0.331 e. The molecule has 0 spiro atoms. The summed E-state index contributed by atoms with van der Waals surface area (Å²) in [7, 11) is 3.09. The van der Waals surface area contributed by atoms with E-state index in [1.807, 2.05) is 17.7 Å². The van der Waals surface area contributed by atoms with E-state index in [-0.39, 0.29) is 5.56 Å². The van der Waals surface area contributed by atoms with Gasteiger partial charge in [-0.1, -0.05) is 13.3 Å². The topological polar surface area (TPSA) is 74.7 Å². The molecule has 0 radical (unpaired) electrons. The third kappa shape index (κ3) is 1.88. The van der Waals surface area contributed by atoms with Gasteiger partial charge < -0.3 is 4.57 Å². The van der Waals surface area contributed by atoms with E-state index < -0.39 is 5.69 Å². The highest BCUT2D eigenvalue weighted by Crippen LogP contribution is 2.24. The summed E-state index contributed by atoms with van der Waals surface area (Å²) in [6.45, 7) is 4.93. The minimum absolute atomic E-state index is 0.325. The number of rotatable bonds is 3.